The fourth-order valence-electron chi connectivity index (χ4n) is 3.79. The number of nitrogens with zero attached hydrogens (tertiary/aromatic N) is 2. The van der Waals surface area contributed by atoms with E-state index in [1.54, 1.807) is 9.80 Å². The van der Waals surface area contributed by atoms with Gasteiger partial charge in [0, 0.05) is 13.1 Å². The number of hydrogen-bond donors (Lipinski definition) is 0. The van der Waals surface area contributed by atoms with Gasteiger partial charge in [-0.3, -0.25) is 9.80 Å². The molecule has 32 heavy (non-hydrogen) atoms. The molecule has 2 aromatic carbocycles. The van der Waals surface area contributed by atoms with Crippen LogP contribution in [0.5, 0.6) is 0 Å². The quantitative estimate of drug-likeness (QED) is 0.581. The monoisotopic (exact) mass is 438 g/mol. The molecule has 172 valence electrons. The number of piperazine rings is 1. The van der Waals surface area contributed by atoms with E-state index in [1.165, 1.54) is 0 Å². The van der Waals surface area contributed by atoms with Crippen LogP contribution in [-0.2, 0) is 9.47 Å². The van der Waals surface area contributed by atoms with Gasteiger partial charge in [-0.15, -0.1) is 0 Å². The van der Waals surface area contributed by atoms with Gasteiger partial charge in [-0.05, 0) is 52.7 Å². The minimum atomic E-state index is -0.622. The molecule has 0 saturated carbocycles. The highest BCUT2D eigenvalue weighted by Crippen LogP contribution is 2.36. The number of ether oxygens (including phenoxy) is 2. The number of rotatable bonds is 2. The molecule has 0 radical (unpaired) electrons. The molecule has 2 amide bonds. The molecular weight excluding hydrogens is 404 g/mol. The zero-order valence-electron chi connectivity index (χ0n) is 19.9. The van der Waals surface area contributed by atoms with Gasteiger partial charge in [0.25, 0.3) is 0 Å². The fraction of sp³-hybridized carbons (Fsp3) is 0.462. The Kier molecular flexibility index (Phi) is 6.82. The van der Waals surface area contributed by atoms with Crippen molar-refractivity contribution in [3.8, 4) is 0 Å². The van der Waals surface area contributed by atoms with Crippen LogP contribution in [0.2, 0.25) is 0 Å². The van der Waals surface area contributed by atoms with E-state index in [9.17, 15) is 9.59 Å². The zero-order chi connectivity index (χ0) is 23.5. The van der Waals surface area contributed by atoms with Crippen molar-refractivity contribution in [1.82, 2.24) is 9.80 Å². The van der Waals surface area contributed by atoms with E-state index in [4.69, 9.17) is 9.47 Å². The van der Waals surface area contributed by atoms with Crippen LogP contribution in [0, 0.1) is 0 Å². The normalized spacial score (nSPS) is 19.4. The molecule has 3 rings (SSSR count). The van der Waals surface area contributed by atoms with Gasteiger partial charge in [-0.25, -0.2) is 9.59 Å². The van der Waals surface area contributed by atoms with Gasteiger partial charge in [0.05, 0.1) is 12.1 Å². The van der Waals surface area contributed by atoms with Crippen molar-refractivity contribution in [2.45, 2.75) is 64.8 Å². The standard InChI is InChI=1S/C26H34N2O4/c1-25(2,3)31-23(29)27-17-22(20-15-11-8-12-16-20)28(24(30)32-26(4,5)6)18-21(27)19-13-9-7-10-14-19/h7-16,21-22H,17-18H2,1-6H3/t21-,22+. The van der Waals surface area contributed by atoms with E-state index in [1.807, 2.05) is 102 Å². The van der Waals surface area contributed by atoms with Crippen molar-refractivity contribution >= 4 is 12.2 Å². The number of amides is 2. The zero-order valence-corrected chi connectivity index (χ0v) is 19.9. The molecule has 1 heterocycles. The predicted octanol–water partition coefficient (Wildman–Crippen LogP) is 5.96. The van der Waals surface area contributed by atoms with Gasteiger partial charge in [0.1, 0.15) is 11.2 Å². The average Bonchev–Trinajstić information content (AvgIpc) is 2.71. The summed E-state index contributed by atoms with van der Waals surface area (Å²) in [6.07, 6.45) is -0.785. The van der Waals surface area contributed by atoms with Gasteiger partial charge in [-0.2, -0.15) is 0 Å². The molecule has 0 bridgehead atoms. The summed E-state index contributed by atoms with van der Waals surface area (Å²) in [7, 11) is 0. The van der Waals surface area contributed by atoms with Crippen molar-refractivity contribution in [1.29, 1.82) is 0 Å². The average molecular weight is 439 g/mol. The molecule has 1 aliphatic rings. The van der Waals surface area contributed by atoms with Crippen molar-refractivity contribution in [2.75, 3.05) is 13.1 Å². The summed E-state index contributed by atoms with van der Waals surface area (Å²) < 4.78 is 11.5. The smallest absolute Gasteiger partial charge is 0.410 e. The lowest BCUT2D eigenvalue weighted by Gasteiger charge is -2.46. The Morgan fingerprint density at radius 2 is 0.969 bits per heavy atom. The third-order valence-corrected chi connectivity index (χ3v) is 5.12. The van der Waals surface area contributed by atoms with Crippen molar-refractivity contribution in [3.63, 3.8) is 0 Å². The molecule has 1 fully saturated rings. The lowest BCUT2D eigenvalue weighted by molar-refractivity contribution is -0.0317. The van der Waals surface area contributed by atoms with Gasteiger partial charge >= 0.3 is 12.2 Å². The van der Waals surface area contributed by atoms with Crippen LogP contribution in [0.25, 0.3) is 0 Å². The number of carbonyl (C=O) groups excluding carboxylic acids is 2. The second-order valence-corrected chi connectivity index (χ2v) is 10.1. The topological polar surface area (TPSA) is 59.1 Å². The van der Waals surface area contributed by atoms with Gasteiger partial charge < -0.3 is 9.47 Å². The molecule has 0 spiro atoms. The highest BCUT2D eigenvalue weighted by Gasteiger charge is 2.42. The number of carbonyl (C=O) groups is 2. The molecule has 0 aliphatic carbocycles. The summed E-state index contributed by atoms with van der Waals surface area (Å²) in [5, 5.41) is 0. The largest absolute Gasteiger partial charge is 0.444 e. The van der Waals surface area contributed by atoms with E-state index in [0.29, 0.717) is 13.1 Å². The molecule has 2 aromatic rings. The maximum atomic E-state index is 13.2. The van der Waals surface area contributed by atoms with Gasteiger partial charge in [0.15, 0.2) is 0 Å². The van der Waals surface area contributed by atoms with E-state index in [0.717, 1.165) is 11.1 Å². The summed E-state index contributed by atoms with van der Waals surface area (Å²) in [4.78, 5) is 30.0. The van der Waals surface area contributed by atoms with Crippen molar-refractivity contribution < 1.29 is 19.1 Å². The lowest BCUT2D eigenvalue weighted by atomic mass is 9.96. The third-order valence-electron chi connectivity index (χ3n) is 5.12. The summed E-state index contributed by atoms with van der Waals surface area (Å²) in [5.74, 6) is 0. The van der Waals surface area contributed by atoms with E-state index >= 15 is 0 Å². The fourth-order valence-corrected chi connectivity index (χ4v) is 3.79. The first kappa shape index (κ1) is 23.6. The molecule has 1 saturated heterocycles. The minimum absolute atomic E-state index is 0.303. The van der Waals surface area contributed by atoms with Gasteiger partial charge in [-0.1, -0.05) is 60.7 Å². The van der Waals surface area contributed by atoms with Crippen LogP contribution in [0.3, 0.4) is 0 Å². The SMILES string of the molecule is CC(C)(C)OC(=O)N1C[C@@H](c2ccccc2)N(C(=O)OC(C)(C)C)C[C@@H]1c1ccccc1. The maximum Gasteiger partial charge on any atom is 0.410 e. The van der Waals surface area contributed by atoms with Crippen LogP contribution in [0.1, 0.15) is 64.8 Å². The molecule has 1 aliphatic heterocycles. The first-order valence-corrected chi connectivity index (χ1v) is 11.0. The summed E-state index contributed by atoms with van der Waals surface area (Å²) >= 11 is 0. The first-order valence-electron chi connectivity index (χ1n) is 11.0. The molecule has 2 atom stereocenters. The van der Waals surface area contributed by atoms with Gasteiger partial charge in [0.2, 0.25) is 0 Å². The van der Waals surface area contributed by atoms with E-state index in [-0.39, 0.29) is 12.1 Å². The first-order chi connectivity index (χ1) is 14.9. The van der Waals surface area contributed by atoms with Crippen molar-refractivity contribution in [2.24, 2.45) is 0 Å². The summed E-state index contributed by atoms with van der Waals surface area (Å²) in [6.45, 7) is 11.7. The minimum Gasteiger partial charge on any atom is -0.444 e. The Morgan fingerprint density at radius 1 is 0.656 bits per heavy atom. The molecule has 6 nitrogen and oxygen atoms in total. The second-order valence-electron chi connectivity index (χ2n) is 10.1. The van der Waals surface area contributed by atoms with Crippen LogP contribution in [0.4, 0.5) is 9.59 Å². The Labute approximate surface area is 191 Å². The number of hydrogen-bond acceptors (Lipinski definition) is 4. The van der Waals surface area contributed by atoms with Crippen LogP contribution >= 0.6 is 0 Å². The predicted molar refractivity (Wildman–Crippen MR) is 124 cm³/mol. The highest BCUT2D eigenvalue weighted by atomic mass is 16.6. The van der Waals surface area contributed by atoms with E-state index < -0.39 is 23.4 Å². The molecular formula is C26H34N2O4. The summed E-state index contributed by atoms with van der Waals surface area (Å²) in [5.41, 5.74) is 0.642. The molecule has 0 N–H and O–H groups in total. The van der Waals surface area contributed by atoms with Crippen LogP contribution in [0.15, 0.2) is 60.7 Å². The summed E-state index contributed by atoms with van der Waals surface area (Å²) in [6, 6.07) is 18.8. The number of benzene rings is 2. The highest BCUT2D eigenvalue weighted by molar-refractivity contribution is 5.72. The lowest BCUT2D eigenvalue weighted by Crippen LogP contribution is -2.55. The van der Waals surface area contributed by atoms with Crippen molar-refractivity contribution in [3.05, 3.63) is 71.8 Å². The van der Waals surface area contributed by atoms with Crippen LogP contribution in [-0.4, -0.2) is 46.3 Å². The Bertz CT molecular complexity index is 839. The maximum absolute atomic E-state index is 13.2. The second kappa shape index (κ2) is 9.23. The molecule has 6 heteroatoms. The Hall–Kier alpha value is -3.02. The van der Waals surface area contributed by atoms with Crippen LogP contribution < -0.4 is 0 Å². The van der Waals surface area contributed by atoms with E-state index in [2.05, 4.69) is 0 Å². The molecule has 0 aromatic heterocycles. The molecule has 0 unspecified atom stereocenters. The Balaban J connectivity index is 2.02. The Morgan fingerprint density at radius 3 is 1.25 bits per heavy atom. The third kappa shape index (κ3) is 6.02.